The van der Waals surface area contributed by atoms with E-state index in [9.17, 15) is 8.42 Å². The second-order valence-corrected chi connectivity index (χ2v) is 8.60. The quantitative estimate of drug-likeness (QED) is 0.498. The van der Waals surface area contributed by atoms with Crippen LogP contribution in [0.1, 0.15) is 38.5 Å². The molecule has 1 aromatic carbocycles. The lowest BCUT2D eigenvalue weighted by molar-refractivity contribution is 0.411. The fraction of sp³-hybridized carbons (Fsp3) is 0.526. The number of hydrogen-bond acceptors (Lipinski definition) is 5. The Morgan fingerprint density at radius 3 is 2.57 bits per heavy atom. The summed E-state index contributed by atoms with van der Waals surface area (Å²) in [5.74, 6) is 0.630. The number of nitrogens with zero attached hydrogens (tertiary/aromatic N) is 2. The number of para-hydroxylation sites is 2. The normalized spacial score (nSPS) is 15.6. The van der Waals surface area contributed by atoms with Crippen molar-refractivity contribution in [3.8, 4) is 11.4 Å². The van der Waals surface area contributed by atoms with Crippen LogP contribution in [0, 0.1) is 0 Å². The Labute approximate surface area is 173 Å². The molecule has 1 aliphatic rings. The molecule has 1 aromatic heterocycles. The number of aromatic nitrogens is 2. The molecule has 0 bridgehead atoms. The zero-order valence-electron chi connectivity index (χ0n) is 16.1. The third kappa shape index (κ3) is 5.94. The monoisotopic (exact) mass is 428 g/mol. The van der Waals surface area contributed by atoms with Gasteiger partial charge in [0.05, 0.1) is 19.5 Å². The highest BCUT2D eigenvalue weighted by molar-refractivity contribution is 7.89. The van der Waals surface area contributed by atoms with Crippen molar-refractivity contribution in [3.63, 3.8) is 0 Å². The van der Waals surface area contributed by atoms with Gasteiger partial charge in [0.2, 0.25) is 10.0 Å². The number of benzene rings is 1. The van der Waals surface area contributed by atoms with E-state index >= 15 is 0 Å². The van der Waals surface area contributed by atoms with Crippen molar-refractivity contribution < 1.29 is 13.2 Å². The summed E-state index contributed by atoms with van der Waals surface area (Å²) in [6, 6.07) is 7.84. The molecule has 28 heavy (non-hydrogen) atoms. The summed E-state index contributed by atoms with van der Waals surface area (Å²) < 4.78 is 34.5. The lowest BCUT2D eigenvalue weighted by Crippen LogP contribution is -2.36. The van der Waals surface area contributed by atoms with E-state index in [1.54, 1.807) is 7.11 Å². The van der Waals surface area contributed by atoms with Crippen LogP contribution in [0.15, 0.2) is 41.6 Å². The van der Waals surface area contributed by atoms with Crippen molar-refractivity contribution >= 4 is 22.4 Å². The second kappa shape index (κ2) is 10.8. The number of ether oxygens (including phenoxy) is 1. The van der Waals surface area contributed by atoms with Crippen LogP contribution in [-0.2, 0) is 10.0 Å². The highest BCUT2D eigenvalue weighted by atomic mass is 35.5. The van der Waals surface area contributed by atoms with Gasteiger partial charge in [-0.25, -0.2) is 17.8 Å². The van der Waals surface area contributed by atoms with Crippen LogP contribution in [0.3, 0.4) is 0 Å². The molecule has 0 radical (unpaired) electrons. The Balaban J connectivity index is 0.00000280. The molecule has 2 aromatic rings. The van der Waals surface area contributed by atoms with Crippen LogP contribution >= 0.6 is 12.4 Å². The third-order valence-corrected chi connectivity index (χ3v) is 6.32. The van der Waals surface area contributed by atoms with Gasteiger partial charge in [-0.3, -0.25) is 0 Å². The van der Waals surface area contributed by atoms with Gasteiger partial charge in [-0.2, -0.15) is 5.10 Å². The smallest absolute Gasteiger partial charge is 0.243 e. The minimum Gasteiger partial charge on any atom is -0.494 e. The molecule has 0 unspecified atom stereocenters. The maximum atomic E-state index is 12.5. The SMILES string of the molecule is COc1ccccc1-n1cc(S(=O)(=O)NCCNC2CCCCCC2)cn1.Cl. The molecule has 0 amide bonds. The predicted octanol–water partition coefficient (Wildman–Crippen LogP) is 2.89. The molecule has 1 saturated carbocycles. The highest BCUT2D eigenvalue weighted by Gasteiger charge is 2.18. The molecule has 0 atom stereocenters. The maximum absolute atomic E-state index is 12.5. The van der Waals surface area contributed by atoms with Gasteiger partial charge in [0.1, 0.15) is 16.3 Å². The number of halogens is 1. The molecule has 9 heteroatoms. The van der Waals surface area contributed by atoms with E-state index < -0.39 is 10.0 Å². The zero-order chi connectivity index (χ0) is 19.1. The van der Waals surface area contributed by atoms with Gasteiger partial charge >= 0.3 is 0 Å². The molecule has 156 valence electrons. The third-order valence-electron chi connectivity index (χ3n) is 4.91. The summed E-state index contributed by atoms with van der Waals surface area (Å²) in [6.07, 6.45) is 10.3. The van der Waals surface area contributed by atoms with E-state index in [2.05, 4.69) is 15.1 Å². The lowest BCUT2D eigenvalue weighted by atomic mass is 10.1. The minimum absolute atomic E-state index is 0. The van der Waals surface area contributed by atoms with Crippen LogP contribution < -0.4 is 14.8 Å². The molecule has 0 aliphatic heterocycles. The summed E-state index contributed by atoms with van der Waals surface area (Å²) in [6.45, 7) is 0.989. The molecule has 3 rings (SSSR count). The van der Waals surface area contributed by atoms with Crippen molar-refractivity contribution in [2.24, 2.45) is 0 Å². The van der Waals surface area contributed by atoms with Gasteiger partial charge < -0.3 is 10.1 Å². The topological polar surface area (TPSA) is 85.2 Å². The summed E-state index contributed by atoms with van der Waals surface area (Å²) in [5, 5.41) is 7.64. The van der Waals surface area contributed by atoms with Crippen molar-refractivity contribution in [1.82, 2.24) is 19.8 Å². The van der Waals surface area contributed by atoms with E-state index in [1.165, 1.54) is 55.6 Å². The van der Waals surface area contributed by atoms with Gasteiger partial charge in [-0.1, -0.05) is 37.8 Å². The average molecular weight is 429 g/mol. The average Bonchev–Trinajstić information content (AvgIpc) is 3.04. The summed E-state index contributed by atoms with van der Waals surface area (Å²) in [4.78, 5) is 0.142. The molecule has 0 spiro atoms. The first-order valence-electron chi connectivity index (χ1n) is 9.51. The van der Waals surface area contributed by atoms with Crippen molar-refractivity contribution in [3.05, 3.63) is 36.7 Å². The van der Waals surface area contributed by atoms with E-state index in [-0.39, 0.29) is 17.3 Å². The van der Waals surface area contributed by atoms with E-state index in [1.807, 2.05) is 24.3 Å². The Bertz CT molecular complexity index is 833. The molecule has 2 N–H and O–H groups in total. The Kier molecular flexibility index (Phi) is 8.75. The number of rotatable bonds is 8. The molecule has 1 aliphatic carbocycles. The fourth-order valence-electron chi connectivity index (χ4n) is 3.42. The first-order valence-corrected chi connectivity index (χ1v) is 11.0. The minimum atomic E-state index is -3.59. The van der Waals surface area contributed by atoms with Gasteiger partial charge in [0.15, 0.2) is 0 Å². The molecule has 0 saturated heterocycles. The maximum Gasteiger partial charge on any atom is 0.243 e. The van der Waals surface area contributed by atoms with Crippen LogP contribution in [0.5, 0.6) is 5.75 Å². The fourth-order valence-corrected chi connectivity index (χ4v) is 4.39. The Morgan fingerprint density at radius 2 is 1.86 bits per heavy atom. The van der Waals surface area contributed by atoms with E-state index in [4.69, 9.17) is 4.74 Å². The lowest BCUT2D eigenvalue weighted by Gasteiger charge is -2.16. The van der Waals surface area contributed by atoms with Gasteiger partial charge in [0.25, 0.3) is 0 Å². The number of nitrogens with one attached hydrogen (secondary N) is 2. The Morgan fingerprint density at radius 1 is 1.14 bits per heavy atom. The summed E-state index contributed by atoms with van der Waals surface area (Å²) >= 11 is 0. The van der Waals surface area contributed by atoms with E-state index in [0.717, 1.165) is 0 Å². The highest BCUT2D eigenvalue weighted by Crippen LogP contribution is 2.22. The zero-order valence-corrected chi connectivity index (χ0v) is 17.8. The summed E-state index contributed by atoms with van der Waals surface area (Å²) in [7, 11) is -2.02. The van der Waals surface area contributed by atoms with Crippen LogP contribution in [0.25, 0.3) is 5.69 Å². The summed E-state index contributed by atoms with van der Waals surface area (Å²) in [5.41, 5.74) is 0.691. The predicted molar refractivity (Wildman–Crippen MR) is 112 cm³/mol. The largest absolute Gasteiger partial charge is 0.494 e. The van der Waals surface area contributed by atoms with Crippen molar-refractivity contribution in [2.75, 3.05) is 20.2 Å². The molecule has 1 heterocycles. The van der Waals surface area contributed by atoms with Gasteiger partial charge in [-0.05, 0) is 25.0 Å². The van der Waals surface area contributed by atoms with Crippen LogP contribution in [0.2, 0.25) is 0 Å². The molecular weight excluding hydrogens is 400 g/mol. The van der Waals surface area contributed by atoms with Gasteiger partial charge in [0, 0.05) is 19.1 Å². The van der Waals surface area contributed by atoms with Gasteiger partial charge in [-0.15, -0.1) is 12.4 Å². The second-order valence-electron chi connectivity index (χ2n) is 6.83. The van der Waals surface area contributed by atoms with Crippen molar-refractivity contribution in [1.29, 1.82) is 0 Å². The van der Waals surface area contributed by atoms with Crippen LogP contribution in [0.4, 0.5) is 0 Å². The number of hydrogen-bond donors (Lipinski definition) is 2. The molecule has 7 nitrogen and oxygen atoms in total. The molecule has 1 fully saturated rings. The standard InChI is InChI=1S/C19H28N4O3S.ClH/c1-26-19-11-7-6-10-18(19)23-15-17(14-21-23)27(24,25)22-13-12-20-16-8-4-2-3-5-9-16;/h6-7,10-11,14-16,20,22H,2-5,8-9,12-13H2,1H3;1H. The van der Waals surface area contributed by atoms with E-state index in [0.29, 0.717) is 30.6 Å². The van der Waals surface area contributed by atoms with Crippen molar-refractivity contribution in [2.45, 2.75) is 49.5 Å². The first-order chi connectivity index (χ1) is 13.1. The number of sulfonamides is 1. The number of methoxy groups -OCH3 is 1. The van der Waals surface area contributed by atoms with Crippen LogP contribution in [-0.4, -0.2) is 44.4 Å². The first kappa shape index (κ1) is 22.7. The molecular formula is C19H29ClN4O3S. The Hall–Kier alpha value is -1.61.